The van der Waals surface area contributed by atoms with Crippen molar-refractivity contribution in [2.24, 2.45) is 4.99 Å². The van der Waals surface area contributed by atoms with Gasteiger partial charge in [-0.3, -0.25) is 14.5 Å². The largest absolute Gasteiger partial charge is 0.425 e. The van der Waals surface area contributed by atoms with Crippen molar-refractivity contribution in [2.75, 3.05) is 6.54 Å². The molecule has 1 fully saturated rings. The molecule has 26 heavy (non-hydrogen) atoms. The van der Waals surface area contributed by atoms with E-state index in [0.717, 1.165) is 48.8 Å². The predicted octanol–water partition coefficient (Wildman–Crippen LogP) is 3.92. The third-order valence-corrected chi connectivity index (χ3v) is 4.76. The lowest BCUT2D eigenvalue weighted by Crippen LogP contribution is -2.31. The van der Waals surface area contributed by atoms with Crippen molar-refractivity contribution >= 4 is 34.6 Å². The zero-order chi connectivity index (χ0) is 18.1. The first-order chi connectivity index (χ1) is 12.6. The molecule has 1 saturated heterocycles. The number of ether oxygens (including phenoxy) is 1. The van der Waals surface area contributed by atoms with Crippen LogP contribution < -0.4 is 4.74 Å². The number of hydrogen-bond acceptors (Lipinski definition) is 4. The molecule has 0 unspecified atom stereocenters. The Hall–Kier alpha value is -2.95. The Labute approximate surface area is 152 Å². The van der Waals surface area contributed by atoms with Gasteiger partial charge in [-0.1, -0.05) is 42.8 Å². The van der Waals surface area contributed by atoms with E-state index in [1.165, 1.54) is 6.92 Å². The third kappa shape index (κ3) is 3.01. The number of carbonyl (C=O) groups excluding carboxylic acids is 2. The van der Waals surface area contributed by atoms with E-state index in [9.17, 15) is 9.59 Å². The van der Waals surface area contributed by atoms with E-state index in [1.807, 2.05) is 36.4 Å². The summed E-state index contributed by atoms with van der Waals surface area (Å²) in [6.45, 7) is 2.10. The number of rotatable bonds is 2. The fourth-order valence-corrected chi connectivity index (χ4v) is 3.53. The molecule has 0 spiro atoms. The van der Waals surface area contributed by atoms with Gasteiger partial charge in [0.15, 0.2) is 0 Å². The van der Waals surface area contributed by atoms with Crippen LogP contribution in [0.15, 0.2) is 47.1 Å². The van der Waals surface area contributed by atoms with Gasteiger partial charge in [-0.15, -0.1) is 0 Å². The minimum atomic E-state index is -0.390. The van der Waals surface area contributed by atoms with E-state index >= 15 is 0 Å². The third-order valence-electron chi connectivity index (χ3n) is 4.76. The molecule has 5 nitrogen and oxygen atoms in total. The Bertz CT molecular complexity index is 959. The molecule has 2 heterocycles. The molecule has 0 bridgehead atoms. The summed E-state index contributed by atoms with van der Waals surface area (Å²) in [6.07, 6.45) is 5.76. The second-order valence-corrected chi connectivity index (χ2v) is 6.62. The monoisotopic (exact) mass is 348 g/mol. The fourth-order valence-electron chi connectivity index (χ4n) is 3.53. The van der Waals surface area contributed by atoms with Gasteiger partial charge in [0, 0.05) is 30.8 Å². The number of benzene rings is 2. The summed E-state index contributed by atoms with van der Waals surface area (Å²) < 4.78 is 5.49. The summed E-state index contributed by atoms with van der Waals surface area (Å²) in [5.74, 6) is 0.870. The van der Waals surface area contributed by atoms with Gasteiger partial charge in [0.1, 0.15) is 17.3 Å². The zero-order valence-electron chi connectivity index (χ0n) is 14.7. The molecule has 0 saturated carbocycles. The SMILES string of the molecule is CC(=O)Oc1c(/C=C2\N=C3CCCCCN3C2=O)ccc2ccccc12. The van der Waals surface area contributed by atoms with Crippen LogP contribution in [0.5, 0.6) is 5.75 Å². The van der Waals surface area contributed by atoms with Gasteiger partial charge in [0.2, 0.25) is 0 Å². The summed E-state index contributed by atoms with van der Waals surface area (Å²) >= 11 is 0. The highest BCUT2D eigenvalue weighted by Crippen LogP contribution is 2.33. The minimum absolute atomic E-state index is 0.0659. The highest BCUT2D eigenvalue weighted by molar-refractivity contribution is 6.14. The summed E-state index contributed by atoms with van der Waals surface area (Å²) in [6, 6.07) is 11.5. The molecule has 0 aromatic heterocycles. The lowest BCUT2D eigenvalue weighted by atomic mass is 10.0. The second kappa shape index (κ2) is 6.75. The van der Waals surface area contributed by atoms with Crippen molar-refractivity contribution in [2.45, 2.75) is 32.6 Å². The molecule has 0 atom stereocenters. The molecule has 0 N–H and O–H groups in total. The molecular weight excluding hydrogens is 328 g/mol. The van der Waals surface area contributed by atoms with Gasteiger partial charge >= 0.3 is 5.97 Å². The summed E-state index contributed by atoms with van der Waals surface area (Å²) in [5, 5.41) is 1.81. The zero-order valence-corrected chi connectivity index (χ0v) is 14.7. The van der Waals surface area contributed by atoms with Gasteiger partial charge < -0.3 is 4.74 Å². The first-order valence-electron chi connectivity index (χ1n) is 8.95. The van der Waals surface area contributed by atoms with Crippen molar-refractivity contribution in [3.05, 3.63) is 47.7 Å². The normalized spacial score (nSPS) is 18.7. The number of esters is 1. The van der Waals surface area contributed by atoms with E-state index in [0.29, 0.717) is 17.0 Å². The standard InChI is InChI=1S/C21H20N2O3/c1-14(24)26-20-16(11-10-15-7-4-5-8-17(15)20)13-18-21(25)23-12-6-2-3-9-19(23)22-18/h4-5,7-8,10-11,13H,2-3,6,9,12H2,1H3/b18-13-. The lowest BCUT2D eigenvalue weighted by Gasteiger charge is -2.14. The molecule has 0 radical (unpaired) electrons. The lowest BCUT2D eigenvalue weighted by molar-refractivity contribution is -0.131. The maximum Gasteiger partial charge on any atom is 0.308 e. The van der Waals surface area contributed by atoms with E-state index in [1.54, 1.807) is 11.0 Å². The van der Waals surface area contributed by atoms with Crippen molar-refractivity contribution in [3.8, 4) is 5.75 Å². The fraction of sp³-hybridized carbons (Fsp3) is 0.286. The Kier molecular flexibility index (Phi) is 4.29. The van der Waals surface area contributed by atoms with Crippen molar-refractivity contribution in [3.63, 3.8) is 0 Å². The van der Waals surface area contributed by atoms with Crippen LogP contribution in [0.25, 0.3) is 16.8 Å². The molecule has 0 aliphatic carbocycles. The molecule has 1 amide bonds. The van der Waals surface area contributed by atoms with Crippen LogP contribution in [0.2, 0.25) is 0 Å². The number of amidine groups is 1. The average Bonchev–Trinajstić information content (AvgIpc) is 2.80. The Morgan fingerprint density at radius 3 is 2.85 bits per heavy atom. The smallest absolute Gasteiger partial charge is 0.308 e. The van der Waals surface area contributed by atoms with Crippen LogP contribution in [0, 0.1) is 0 Å². The second-order valence-electron chi connectivity index (χ2n) is 6.62. The summed E-state index contributed by atoms with van der Waals surface area (Å²) in [5.41, 5.74) is 1.09. The van der Waals surface area contributed by atoms with Gasteiger partial charge in [0.25, 0.3) is 5.91 Å². The molecule has 4 rings (SSSR count). The molecule has 2 aromatic carbocycles. The number of carbonyl (C=O) groups is 2. The molecule has 2 aliphatic heterocycles. The first-order valence-corrected chi connectivity index (χ1v) is 8.95. The van der Waals surface area contributed by atoms with Crippen LogP contribution in [0.1, 0.15) is 38.2 Å². The maximum atomic E-state index is 12.7. The first kappa shape index (κ1) is 16.5. The molecular formula is C21H20N2O3. The topological polar surface area (TPSA) is 59.0 Å². The van der Waals surface area contributed by atoms with Gasteiger partial charge in [0.05, 0.1) is 0 Å². The maximum absolute atomic E-state index is 12.7. The van der Waals surface area contributed by atoms with Crippen molar-refractivity contribution < 1.29 is 14.3 Å². The number of hydrogen-bond donors (Lipinski definition) is 0. The highest BCUT2D eigenvalue weighted by atomic mass is 16.5. The molecule has 2 aliphatic rings. The Morgan fingerprint density at radius 1 is 1.15 bits per heavy atom. The Morgan fingerprint density at radius 2 is 2.00 bits per heavy atom. The number of fused-ring (bicyclic) bond motifs is 2. The summed E-state index contributed by atoms with van der Waals surface area (Å²) in [7, 11) is 0. The van der Waals surface area contributed by atoms with E-state index < -0.39 is 0 Å². The number of aliphatic imine (C=N–C) groups is 1. The highest BCUT2D eigenvalue weighted by Gasteiger charge is 2.30. The van der Waals surface area contributed by atoms with Gasteiger partial charge in [-0.2, -0.15) is 0 Å². The predicted molar refractivity (Wildman–Crippen MR) is 101 cm³/mol. The van der Waals surface area contributed by atoms with Crippen LogP contribution in [0.3, 0.4) is 0 Å². The minimum Gasteiger partial charge on any atom is -0.425 e. The molecule has 5 heteroatoms. The van der Waals surface area contributed by atoms with Crippen molar-refractivity contribution in [1.82, 2.24) is 4.90 Å². The van der Waals surface area contributed by atoms with E-state index in [4.69, 9.17) is 4.74 Å². The number of amides is 1. The van der Waals surface area contributed by atoms with Crippen LogP contribution in [-0.4, -0.2) is 29.2 Å². The van der Waals surface area contributed by atoms with Crippen LogP contribution in [-0.2, 0) is 9.59 Å². The molecule has 2 aromatic rings. The van der Waals surface area contributed by atoms with E-state index in [2.05, 4.69) is 4.99 Å². The van der Waals surface area contributed by atoms with Crippen molar-refractivity contribution in [1.29, 1.82) is 0 Å². The van der Waals surface area contributed by atoms with Gasteiger partial charge in [-0.25, -0.2) is 4.99 Å². The van der Waals surface area contributed by atoms with Crippen LogP contribution in [0.4, 0.5) is 0 Å². The summed E-state index contributed by atoms with van der Waals surface area (Å²) in [4.78, 5) is 30.7. The van der Waals surface area contributed by atoms with E-state index in [-0.39, 0.29) is 11.9 Å². The van der Waals surface area contributed by atoms with Crippen LogP contribution >= 0.6 is 0 Å². The molecule has 132 valence electrons. The average molecular weight is 348 g/mol. The quantitative estimate of drug-likeness (QED) is 0.469. The number of nitrogens with zero attached hydrogens (tertiary/aromatic N) is 2. The van der Waals surface area contributed by atoms with Gasteiger partial charge in [-0.05, 0) is 24.3 Å². The Balaban J connectivity index is 1.80.